The number of aliphatic hydroxyl groups excluding tert-OH is 2. The molecule has 1 aliphatic heterocycles. The van der Waals surface area contributed by atoms with Crippen molar-refractivity contribution in [1.82, 2.24) is 19.5 Å². The van der Waals surface area contributed by atoms with Gasteiger partial charge in [0, 0.05) is 0 Å². The van der Waals surface area contributed by atoms with Gasteiger partial charge in [0.2, 0.25) is 5.95 Å². The summed E-state index contributed by atoms with van der Waals surface area (Å²) in [5.41, 5.74) is 5.65. The number of esters is 1. The first-order valence-electron chi connectivity index (χ1n) is 10.1. The predicted octanol–water partition coefficient (Wildman–Crippen LogP) is -0.277. The minimum atomic E-state index is -1.86. The third-order valence-corrected chi connectivity index (χ3v) is 7.47. The minimum Gasteiger partial charge on any atom is -0.451 e. The van der Waals surface area contributed by atoms with E-state index in [4.69, 9.17) is 15.2 Å². The molecular weight excluding hydrogens is 434 g/mol. The Hall–Kier alpha value is -3.06. The number of ether oxygens (including phenoxy) is 2. The SMILES string of the molecule is C[Si](C)(C)c1ccccc1C(=O)O[C@@H]1[C@H](O)[C@@H](CO)O[C@H]1n1cnc2c(=O)[nH]c(N)nc21. The Morgan fingerprint density at radius 1 is 1.34 bits per heavy atom. The maximum Gasteiger partial charge on any atom is 0.338 e. The Morgan fingerprint density at radius 2 is 2.06 bits per heavy atom. The van der Waals surface area contributed by atoms with Gasteiger partial charge in [-0.1, -0.05) is 37.8 Å². The zero-order valence-corrected chi connectivity index (χ0v) is 18.8. The van der Waals surface area contributed by atoms with Gasteiger partial charge in [0.1, 0.15) is 12.2 Å². The largest absolute Gasteiger partial charge is 0.451 e. The van der Waals surface area contributed by atoms with Crippen molar-refractivity contribution in [3.05, 3.63) is 46.5 Å². The molecule has 3 heterocycles. The first kappa shape index (κ1) is 22.1. The van der Waals surface area contributed by atoms with Crippen molar-refractivity contribution in [2.45, 2.75) is 44.2 Å². The number of fused-ring (bicyclic) bond motifs is 1. The first-order valence-corrected chi connectivity index (χ1v) is 13.6. The smallest absolute Gasteiger partial charge is 0.338 e. The molecule has 1 aliphatic rings. The molecule has 0 spiro atoms. The van der Waals surface area contributed by atoms with E-state index in [-0.39, 0.29) is 17.1 Å². The molecule has 0 aliphatic carbocycles. The highest BCUT2D eigenvalue weighted by atomic mass is 28.3. The lowest BCUT2D eigenvalue weighted by Gasteiger charge is -2.24. The van der Waals surface area contributed by atoms with Crippen LogP contribution in [-0.2, 0) is 9.47 Å². The second-order valence-corrected chi connectivity index (χ2v) is 13.7. The van der Waals surface area contributed by atoms with Crippen LogP contribution in [0.1, 0.15) is 16.6 Å². The van der Waals surface area contributed by atoms with Gasteiger partial charge in [0.25, 0.3) is 5.56 Å². The lowest BCUT2D eigenvalue weighted by atomic mass is 10.1. The van der Waals surface area contributed by atoms with E-state index in [0.717, 1.165) is 5.19 Å². The molecule has 11 nitrogen and oxygen atoms in total. The highest BCUT2D eigenvalue weighted by Gasteiger charge is 2.48. The van der Waals surface area contributed by atoms with Crippen LogP contribution in [0.4, 0.5) is 5.95 Å². The standard InChI is InChI=1S/C20H25N5O6Si/c1-32(2,3)12-7-5-4-6-10(12)19(29)31-15-14(27)11(8-26)30-18(15)25-9-22-13-16(25)23-20(21)24-17(13)28/h4-7,9,11,14-15,18,26-27H,8H2,1-3H3,(H3,21,23,24,28)/t11-,14-,15-,18-/m1/s1. The molecular formula is C20H25N5O6Si. The van der Waals surface area contributed by atoms with Crippen LogP contribution in [0, 0.1) is 0 Å². The van der Waals surface area contributed by atoms with Gasteiger partial charge in [0.15, 0.2) is 23.5 Å². The van der Waals surface area contributed by atoms with Crippen LogP contribution in [0.25, 0.3) is 11.2 Å². The molecule has 12 heteroatoms. The van der Waals surface area contributed by atoms with Crippen molar-refractivity contribution in [2.75, 3.05) is 12.3 Å². The fourth-order valence-corrected chi connectivity index (χ4v) is 5.44. The fraction of sp³-hybridized carbons (Fsp3) is 0.400. The van der Waals surface area contributed by atoms with Gasteiger partial charge in [-0.2, -0.15) is 4.98 Å². The summed E-state index contributed by atoms with van der Waals surface area (Å²) < 4.78 is 12.9. The van der Waals surface area contributed by atoms with Gasteiger partial charge in [-0.15, -0.1) is 0 Å². The quantitative estimate of drug-likeness (QED) is 0.296. The molecule has 0 saturated carbocycles. The third kappa shape index (κ3) is 3.81. The number of carbonyl (C=O) groups excluding carboxylic acids is 1. The van der Waals surface area contributed by atoms with Crippen LogP contribution < -0.4 is 16.5 Å². The van der Waals surface area contributed by atoms with E-state index >= 15 is 0 Å². The molecule has 3 aromatic rings. The molecule has 4 rings (SSSR count). The van der Waals surface area contributed by atoms with Crippen LogP contribution >= 0.6 is 0 Å². The number of H-pyrrole nitrogens is 1. The number of nitrogens with one attached hydrogen (secondary N) is 1. The number of nitrogens with two attached hydrogens (primary N) is 1. The predicted molar refractivity (Wildman–Crippen MR) is 118 cm³/mol. The molecule has 1 fully saturated rings. The molecule has 32 heavy (non-hydrogen) atoms. The Bertz CT molecular complexity index is 1220. The van der Waals surface area contributed by atoms with Crippen molar-refractivity contribution in [3.63, 3.8) is 0 Å². The van der Waals surface area contributed by atoms with Gasteiger partial charge in [-0.3, -0.25) is 14.3 Å². The Labute approximate surface area is 183 Å². The number of rotatable bonds is 5. The summed E-state index contributed by atoms with van der Waals surface area (Å²) in [4.78, 5) is 35.8. The van der Waals surface area contributed by atoms with E-state index in [2.05, 4.69) is 34.6 Å². The summed E-state index contributed by atoms with van der Waals surface area (Å²) in [6.07, 6.45) is -3.30. The molecule has 1 aromatic carbocycles. The number of benzene rings is 1. The molecule has 1 saturated heterocycles. The number of nitrogen functional groups attached to an aromatic ring is 1. The molecule has 4 atom stereocenters. The number of anilines is 1. The normalized spacial score (nSPS) is 23.5. The number of aromatic nitrogens is 4. The Balaban J connectivity index is 1.73. The highest BCUT2D eigenvalue weighted by Crippen LogP contribution is 2.33. The van der Waals surface area contributed by atoms with Crippen molar-refractivity contribution in [2.24, 2.45) is 0 Å². The topological polar surface area (TPSA) is 166 Å². The molecule has 2 aromatic heterocycles. The lowest BCUT2D eigenvalue weighted by Crippen LogP contribution is -2.43. The number of hydrogen-bond acceptors (Lipinski definition) is 9. The second-order valence-electron chi connectivity index (χ2n) is 8.68. The number of imidazole rings is 1. The zero-order valence-electron chi connectivity index (χ0n) is 17.8. The van der Waals surface area contributed by atoms with E-state index in [1.54, 1.807) is 12.1 Å². The van der Waals surface area contributed by atoms with Crippen LogP contribution in [0.5, 0.6) is 0 Å². The molecule has 0 bridgehead atoms. The maximum atomic E-state index is 13.2. The van der Waals surface area contributed by atoms with Gasteiger partial charge < -0.3 is 25.4 Å². The average molecular weight is 460 g/mol. The second kappa shape index (κ2) is 8.13. The average Bonchev–Trinajstić information content (AvgIpc) is 3.28. The van der Waals surface area contributed by atoms with Crippen molar-refractivity contribution >= 4 is 36.3 Å². The molecule has 0 radical (unpaired) electrons. The van der Waals surface area contributed by atoms with Gasteiger partial charge in [0.05, 0.1) is 26.6 Å². The fourth-order valence-electron chi connectivity index (χ4n) is 3.85. The van der Waals surface area contributed by atoms with Crippen molar-refractivity contribution in [3.8, 4) is 0 Å². The molecule has 170 valence electrons. The summed E-state index contributed by atoms with van der Waals surface area (Å²) in [5, 5.41) is 21.3. The van der Waals surface area contributed by atoms with Gasteiger partial charge in [-0.25, -0.2) is 9.78 Å². The summed E-state index contributed by atoms with van der Waals surface area (Å²) in [7, 11) is -1.86. The number of carbonyl (C=O) groups is 1. The van der Waals surface area contributed by atoms with E-state index < -0.39 is 50.7 Å². The van der Waals surface area contributed by atoms with Crippen LogP contribution in [-0.4, -0.2) is 68.7 Å². The van der Waals surface area contributed by atoms with E-state index in [1.165, 1.54) is 10.9 Å². The molecule has 5 N–H and O–H groups in total. The zero-order chi connectivity index (χ0) is 23.2. The molecule has 0 unspecified atom stereocenters. The van der Waals surface area contributed by atoms with Crippen LogP contribution in [0.3, 0.4) is 0 Å². The highest BCUT2D eigenvalue weighted by molar-refractivity contribution is 6.89. The third-order valence-electron chi connectivity index (χ3n) is 5.42. The molecule has 0 amide bonds. The van der Waals surface area contributed by atoms with Gasteiger partial charge >= 0.3 is 5.97 Å². The number of aromatic amines is 1. The van der Waals surface area contributed by atoms with E-state index in [9.17, 15) is 19.8 Å². The number of aliphatic hydroxyl groups is 2. The van der Waals surface area contributed by atoms with E-state index in [1.807, 2.05) is 12.1 Å². The van der Waals surface area contributed by atoms with Crippen LogP contribution in [0.15, 0.2) is 35.4 Å². The minimum absolute atomic E-state index is 0.0129. The Morgan fingerprint density at radius 3 is 2.75 bits per heavy atom. The summed E-state index contributed by atoms with van der Waals surface area (Å²) in [6.45, 7) is 5.84. The van der Waals surface area contributed by atoms with E-state index in [0.29, 0.717) is 5.56 Å². The van der Waals surface area contributed by atoms with Gasteiger partial charge in [-0.05, 0) is 11.3 Å². The van der Waals surface area contributed by atoms with Crippen LogP contribution in [0.2, 0.25) is 19.6 Å². The number of hydrogen-bond donors (Lipinski definition) is 4. The summed E-state index contributed by atoms with van der Waals surface area (Å²) in [6, 6.07) is 7.21. The van der Waals surface area contributed by atoms with Crippen molar-refractivity contribution in [1.29, 1.82) is 0 Å². The monoisotopic (exact) mass is 459 g/mol. The van der Waals surface area contributed by atoms with Crippen molar-refractivity contribution < 1.29 is 24.5 Å². The summed E-state index contributed by atoms with van der Waals surface area (Å²) >= 11 is 0. The Kier molecular flexibility index (Phi) is 5.62. The lowest BCUT2D eigenvalue weighted by molar-refractivity contribution is -0.0564. The summed E-state index contributed by atoms with van der Waals surface area (Å²) in [5.74, 6) is -0.742. The first-order chi connectivity index (χ1) is 15.1. The maximum absolute atomic E-state index is 13.2. The number of nitrogens with zero attached hydrogens (tertiary/aromatic N) is 3.